The standard InChI is InChI=1S/C14H17N5S/c1-14(2,3)12(16-13-15-8-9-20-13)19-11-7-5-4-6-10(11)17-18-19/h4-9,12H,1-3H3,(H,15,16). The summed E-state index contributed by atoms with van der Waals surface area (Å²) in [6.07, 6.45) is 1.78. The second-order valence-electron chi connectivity index (χ2n) is 5.77. The largest absolute Gasteiger partial charge is 0.339 e. The van der Waals surface area contributed by atoms with Crippen LogP contribution in [0, 0.1) is 5.41 Å². The summed E-state index contributed by atoms with van der Waals surface area (Å²) >= 11 is 1.59. The van der Waals surface area contributed by atoms with Crippen LogP contribution >= 0.6 is 11.3 Å². The number of para-hydroxylation sites is 1. The number of aromatic nitrogens is 4. The zero-order valence-electron chi connectivity index (χ0n) is 11.7. The fraction of sp³-hybridized carbons (Fsp3) is 0.357. The first kappa shape index (κ1) is 13.1. The summed E-state index contributed by atoms with van der Waals surface area (Å²) in [6.45, 7) is 6.53. The lowest BCUT2D eigenvalue weighted by Gasteiger charge is -2.31. The van der Waals surface area contributed by atoms with Crippen LogP contribution in [0.4, 0.5) is 5.13 Å². The Bertz CT molecular complexity index is 696. The predicted octanol–water partition coefficient (Wildman–Crippen LogP) is 3.54. The SMILES string of the molecule is CC(C)(C)C(Nc1nccs1)n1nnc2ccccc21. The molecular weight excluding hydrogens is 270 g/mol. The molecule has 0 aliphatic heterocycles. The van der Waals surface area contributed by atoms with Crippen LogP contribution in [0.1, 0.15) is 26.9 Å². The number of hydrogen-bond donors (Lipinski definition) is 1. The Balaban J connectivity index is 2.05. The zero-order valence-corrected chi connectivity index (χ0v) is 12.6. The third-order valence-corrected chi connectivity index (χ3v) is 3.84. The van der Waals surface area contributed by atoms with E-state index in [1.54, 1.807) is 17.5 Å². The van der Waals surface area contributed by atoms with Gasteiger partial charge in [-0.15, -0.1) is 16.4 Å². The van der Waals surface area contributed by atoms with Gasteiger partial charge in [-0.3, -0.25) is 0 Å². The van der Waals surface area contributed by atoms with Crippen molar-refractivity contribution in [3.05, 3.63) is 35.8 Å². The fourth-order valence-corrected chi connectivity index (χ4v) is 2.69. The third-order valence-electron chi connectivity index (χ3n) is 3.13. The number of benzene rings is 1. The minimum Gasteiger partial charge on any atom is -0.339 e. The van der Waals surface area contributed by atoms with E-state index in [2.05, 4.69) is 41.4 Å². The molecule has 0 saturated heterocycles. The van der Waals surface area contributed by atoms with Gasteiger partial charge in [-0.25, -0.2) is 9.67 Å². The van der Waals surface area contributed by atoms with Crippen LogP contribution in [0.25, 0.3) is 11.0 Å². The van der Waals surface area contributed by atoms with Crippen molar-refractivity contribution in [3.8, 4) is 0 Å². The summed E-state index contributed by atoms with van der Waals surface area (Å²) in [7, 11) is 0. The Kier molecular flexibility index (Phi) is 3.17. The van der Waals surface area contributed by atoms with E-state index < -0.39 is 0 Å². The molecule has 0 amide bonds. The van der Waals surface area contributed by atoms with Crippen LogP contribution in [-0.4, -0.2) is 20.0 Å². The van der Waals surface area contributed by atoms with Gasteiger partial charge in [0.15, 0.2) is 5.13 Å². The van der Waals surface area contributed by atoms with Gasteiger partial charge in [0.1, 0.15) is 11.7 Å². The van der Waals surface area contributed by atoms with E-state index >= 15 is 0 Å². The van der Waals surface area contributed by atoms with Crippen molar-refractivity contribution in [3.63, 3.8) is 0 Å². The van der Waals surface area contributed by atoms with Crippen LogP contribution in [0.5, 0.6) is 0 Å². The van der Waals surface area contributed by atoms with Crippen molar-refractivity contribution in [2.45, 2.75) is 26.9 Å². The summed E-state index contributed by atoms with van der Waals surface area (Å²) in [5.41, 5.74) is 1.90. The average Bonchev–Trinajstić information content (AvgIpc) is 3.04. The molecular formula is C14H17N5S. The van der Waals surface area contributed by atoms with Crippen LogP contribution < -0.4 is 5.32 Å². The topological polar surface area (TPSA) is 55.6 Å². The number of thiazole rings is 1. The molecule has 5 nitrogen and oxygen atoms in total. The third kappa shape index (κ3) is 2.38. The molecule has 1 N–H and O–H groups in total. The van der Waals surface area contributed by atoms with Crippen molar-refractivity contribution < 1.29 is 0 Å². The highest BCUT2D eigenvalue weighted by molar-refractivity contribution is 7.13. The maximum atomic E-state index is 4.32. The molecule has 0 fully saturated rings. The van der Waals surface area contributed by atoms with E-state index in [0.29, 0.717) is 0 Å². The Hall–Kier alpha value is -1.95. The highest BCUT2D eigenvalue weighted by atomic mass is 32.1. The molecule has 3 aromatic rings. The van der Waals surface area contributed by atoms with E-state index in [0.717, 1.165) is 16.2 Å². The number of nitrogens with one attached hydrogen (secondary N) is 1. The van der Waals surface area contributed by atoms with E-state index in [9.17, 15) is 0 Å². The van der Waals surface area contributed by atoms with Crippen molar-refractivity contribution in [1.29, 1.82) is 0 Å². The quantitative estimate of drug-likeness (QED) is 0.800. The molecule has 104 valence electrons. The number of rotatable bonds is 3. The molecule has 6 heteroatoms. The molecule has 1 unspecified atom stereocenters. The van der Waals surface area contributed by atoms with Gasteiger partial charge in [0.05, 0.1) is 5.52 Å². The summed E-state index contributed by atoms with van der Waals surface area (Å²) < 4.78 is 1.94. The number of fused-ring (bicyclic) bond motifs is 1. The molecule has 0 aliphatic carbocycles. The van der Waals surface area contributed by atoms with Crippen LogP contribution in [-0.2, 0) is 0 Å². The van der Waals surface area contributed by atoms with E-state index in [4.69, 9.17) is 0 Å². The van der Waals surface area contributed by atoms with Crippen LogP contribution in [0.15, 0.2) is 35.8 Å². The van der Waals surface area contributed by atoms with Gasteiger partial charge in [-0.1, -0.05) is 38.1 Å². The second kappa shape index (κ2) is 4.86. The minimum atomic E-state index is -0.0257. The molecule has 2 heterocycles. The monoisotopic (exact) mass is 287 g/mol. The van der Waals surface area contributed by atoms with Crippen LogP contribution in [0.2, 0.25) is 0 Å². The summed E-state index contributed by atoms with van der Waals surface area (Å²) in [5, 5.41) is 14.9. The number of anilines is 1. The van der Waals surface area contributed by atoms with Gasteiger partial charge in [-0.05, 0) is 12.1 Å². The van der Waals surface area contributed by atoms with Crippen molar-refractivity contribution >= 4 is 27.5 Å². The first-order chi connectivity index (χ1) is 9.55. The van der Waals surface area contributed by atoms with Gasteiger partial charge < -0.3 is 5.32 Å². The van der Waals surface area contributed by atoms with Crippen molar-refractivity contribution in [1.82, 2.24) is 20.0 Å². The molecule has 0 aliphatic rings. The second-order valence-corrected chi connectivity index (χ2v) is 6.67. The lowest BCUT2D eigenvalue weighted by molar-refractivity contribution is 0.255. The minimum absolute atomic E-state index is 0.0129. The van der Waals surface area contributed by atoms with E-state index in [1.165, 1.54) is 0 Å². The normalized spacial score (nSPS) is 13.6. The number of nitrogens with zero attached hydrogens (tertiary/aromatic N) is 4. The molecule has 1 aromatic carbocycles. The maximum absolute atomic E-state index is 4.32. The molecule has 0 spiro atoms. The molecule has 20 heavy (non-hydrogen) atoms. The van der Waals surface area contributed by atoms with Gasteiger partial charge in [0.2, 0.25) is 0 Å². The summed E-state index contributed by atoms with van der Waals surface area (Å²) in [6, 6.07) is 7.99. The number of hydrogen-bond acceptors (Lipinski definition) is 5. The Morgan fingerprint density at radius 3 is 2.75 bits per heavy atom. The van der Waals surface area contributed by atoms with Crippen LogP contribution in [0.3, 0.4) is 0 Å². The summed E-state index contributed by atoms with van der Waals surface area (Å²) in [5.74, 6) is 0. The molecule has 3 rings (SSSR count). The molecule has 0 saturated carbocycles. The van der Waals surface area contributed by atoms with E-state index in [-0.39, 0.29) is 11.6 Å². The van der Waals surface area contributed by atoms with Gasteiger partial charge in [-0.2, -0.15) is 0 Å². The Morgan fingerprint density at radius 2 is 2.05 bits per heavy atom. The smallest absolute Gasteiger partial charge is 0.184 e. The first-order valence-corrected chi connectivity index (χ1v) is 7.39. The average molecular weight is 287 g/mol. The lowest BCUT2D eigenvalue weighted by atomic mass is 9.92. The van der Waals surface area contributed by atoms with Gasteiger partial charge in [0, 0.05) is 17.0 Å². The molecule has 1 atom stereocenters. The maximum Gasteiger partial charge on any atom is 0.184 e. The molecule has 2 aromatic heterocycles. The lowest BCUT2D eigenvalue weighted by Crippen LogP contribution is -2.32. The first-order valence-electron chi connectivity index (χ1n) is 6.52. The predicted molar refractivity (Wildman–Crippen MR) is 81.8 cm³/mol. The Morgan fingerprint density at radius 1 is 1.25 bits per heavy atom. The van der Waals surface area contributed by atoms with Crippen molar-refractivity contribution in [2.75, 3.05) is 5.32 Å². The Labute approximate surface area is 121 Å². The van der Waals surface area contributed by atoms with E-state index in [1.807, 2.05) is 34.3 Å². The van der Waals surface area contributed by atoms with Crippen molar-refractivity contribution in [2.24, 2.45) is 5.41 Å². The summed E-state index contributed by atoms with van der Waals surface area (Å²) in [4.78, 5) is 4.31. The van der Waals surface area contributed by atoms with Gasteiger partial charge in [0.25, 0.3) is 0 Å². The van der Waals surface area contributed by atoms with Gasteiger partial charge >= 0.3 is 0 Å². The zero-order chi connectivity index (χ0) is 14.2. The molecule has 0 radical (unpaired) electrons. The highest BCUT2D eigenvalue weighted by Gasteiger charge is 2.29. The fourth-order valence-electron chi connectivity index (χ4n) is 2.13. The molecule has 0 bridgehead atoms. The highest BCUT2D eigenvalue weighted by Crippen LogP contribution is 2.33.